The Morgan fingerprint density at radius 3 is 2.06 bits per heavy atom. The molecule has 0 spiro atoms. The second kappa shape index (κ2) is 20.7. The van der Waals surface area contributed by atoms with Gasteiger partial charge in [0.2, 0.25) is 0 Å². The van der Waals surface area contributed by atoms with Crippen LogP contribution in [0.2, 0.25) is 0 Å². The summed E-state index contributed by atoms with van der Waals surface area (Å²) < 4.78 is 4.51. The Hall–Kier alpha value is -0.700. The lowest BCUT2D eigenvalue weighted by Gasteiger charge is -2.01. The van der Waals surface area contributed by atoms with Crippen LogP contribution in [0.1, 0.15) is 47.5 Å². The predicted octanol–water partition coefficient (Wildman–Crippen LogP) is 4.82. The highest BCUT2D eigenvalue weighted by Gasteiger charge is 2.01. The number of ether oxygens (including phenoxy) is 1. The van der Waals surface area contributed by atoms with Crippen molar-refractivity contribution in [2.24, 2.45) is 0 Å². The van der Waals surface area contributed by atoms with Gasteiger partial charge in [0.25, 0.3) is 0 Å². The molecule has 0 radical (unpaired) electrons. The first-order chi connectivity index (χ1) is 8.15. The van der Waals surface area contributed by atoms with Crippen LogP contribution in [0.5, 0.6) is 0 Å². The molecule has 0 aliphatic rings. The number of carbonyl (C=O) groups is 1. The fraction of sp³-hybridized carbons (Fsp3) is 0.643. The summed E-state index contributed by atoms with van der Waals surface area (Å²) in [6.07, 6.45) is 5.81. The van der Waals surface area contributed by atoms with E-state index in [4.69, 9.17) is 0 Å². The molecule has 0 aliphatic carbocycles. The minimum atomic E-state index is -0.191. The van der Waals surface area contributed by atoms with Gasteiger partial charge in [-0.05, 0) is 11.3 Å². The Balaban J connectivity index is -0.000000337. The summed E-state index contributed by atoms with van der Waals surface area (Å²) in [5.74, 6) is 0.188. The van der Waals surface area contributed by atoms with Crippen LogP contribution in [0.3, 0.4) is 0 Å². The molecule has 0 saturated heterocycles. The molecule has 0 heterocycles. The maximum atomic E-state index is 10.7. The molecular formula is C14H28O2S. The van der Waals surface area contributed by atoms with Crippen LogP contribution in [0.15, 0.2) is 23.6 Å². The second-order valence-corrected chi connectivity index (χ2v) is 3.90. The number of esters is 1. The van der Waals surface area contributed by atoms with E-state index >= 15 is 0 Å². The number of allylic oxidation sites excluding steroid dienone is 3. The van der Waals surface area contributed by atoms with E-state index in [9.17, 15) is 4.79 Å². The third-order valence-electron chi connectivity index (χ3n) is 1.26. The van der Waals surface area contributed by atoms with E-state index in [-0.39, 0.29) is 5.97 Å². The molecule has 0 rings (SSSR count). The highest BCUT2D eigenvalue weighted by atomic mass is 32.2. The van der Waals surface area contributed by atoms with Gasteiger partial charge in [-0.1, -0.05) is 59.8 Å². The van der Waals surface area contributed by atoms with E-state index in [2.05, 4.69) is 25.2 Å². The number of carbonyl (C=O) groups excluding carboxylic acids is 1. The lowest BCUT2D eigenvalue weighted by atomic mass is 10.4. The second-order valence-electron chi connectivity index (χ2n) is 2.79. The number of hydrogen-bond acceptors (Lipinski definition) is 3. The lowest BCUT2D eigenvalue weighted by molar-refractivity contribution is -0.137. The van der Waals surface area contributed by atoms with E-state index in [0.717, 1.165) is 11.3 Å². The first-order valence-electron chi connectivity index (χ1n) is 6.17. The van der Waals surface area contributed by atoms with Crippen molar-refractivity contribution < 1.29 is 9.53 Å². The molecule has 0 saturated carbocycles. The van der Waals surface area contributed by atoms with Gasteiger partial charge in [-0.3, -0.25) is 4.79 Å². The molecule has 17 heavy (non-hydrogen) atoms. The van der Waals surface area contributed by atoms with Crippen LogP contribution < -0.4 is 0 Å². The summed E-state index contributed by atoms with van der Waals surface area (Å²) in [5.41, 5.74) is 0. The average Bonchev–Trinajstić information content (AvgIpc) is 2.37. The van der Waals surface area contributed by atoms with E-state index in [1.165, 1.54) is 25.3 Å². The molecule has 102 valence electrons. The summed E-state index contributed by atoms with van der Waals surface area (Å²) in [5, 5.41) is 0. The summed E-state index contributed by atoms with van der Waals surface area (Å²) >= 11 is 1.49. The van der Waals surface area contributed by atoms with Gasteiger partial charge in [0.05, 0.1) is 12.9 Å². The number of thioether (sulfide) groups is 1. The van der Waals surface area contributed by atoms with Crippen LogP contribution in [-0.4, -0.2) is 18.8 Å². The number of methoxy groups -OCH3 is 1. The monoisotopic (exact) mass is 260 g/mol. The number of hydrogen-bond donors (Lipinski definition) is 0. The predicted molar refractivity (Wildman–Crippen MR) is 80.4 cm³/mol. The van der Waals surface area contributed by atoms with Gasteiger partial charge in [-0.15, -0.1) is 11.8 Å². The third kappa shape index (κ3) is 21.2. The summed E-state index contributed by atoms with van der Waals surface area (Å²) in [7, 11) is 1.39. The smallest absolute Gasteiger partial charge is 0.315 e. The van der Waals surface area contributed by atoms with Crippen LogP contribution in [0.4, 0.5) is 0 Å². The zero-order chi connectivity index (χ0) is 14.1. The van der Waals surface area contributed by atoms with Crippen LogP contribution in [0, 0.1) is 0 Å². The topological polar surface area (TPSA) is 26.3 Å². The molecule has 0 fully saturated rings. The Labute approximate surface area is 112 Å². The van der Waals surface area contributed by atoms with Crippen molar-refractivity contribution in [3.63, 3.8) is 0 Å². The molecule has 0 aromatic carbocycles. The third-order valence-corrected chi connectivity index (χ3v) is 2.43. The van der Waals surface area contributed by atoms with Crippen molar-refractivity contribution in [1.82, 2.24) is 0 Å². The summed E-state index contributed by atoms with van der Waals surface area (Å²) in [4.78, 5) is 11.9. The Morgan fingerprint density at radius 1 is 1.29 bits per heavy atom. The molecule has 0 atom stereocenters. The quantitative estimate of drug-likeness (QED) is 0.524. The molecule has 2 nitrogen and oxygen atoms in total. The first kappa shape index (κ1) is 21.6. The van der Waals surface area contributed by atoms with E-state index in [1.54, 1.807) is 6.08 Å². The fourth-order valence-electron chi connectivity index (χ4n) is 0.610. The van der Waals surface area contributed by atoms with Gasteiger partial charge in [0.15, 0.2) is 0 Å². The maximum Gasteiger partial charge on any atom is 0.315 e. The average molecular weight is 260 g/mol. The lowest BCUT2D eigenvalue weighted by Crippen LogP contribution is -2.02. The van der Waals surface area contributed by atoms with Gasteiger partial charge in [0, 0.05) is 0 Å². The van der Waals surface area contributed by atoms with Crippen molar-refractivity contribution in [1.29, 1.82) is 0 Å². The van der Waals surface area contributed by atoms with E-state index in [0.29, 0.717) is 5.75 Å². The zero-order valence-corrected chi connectivity index (χ0v) is 13.0. The minimum Gasteiger partial charge on any atom is -0.468 e. The zero-order valence-electron chi connectivity index (χ0n) is 12.2. The summed E-state index contributed by atoms with van der Waals surface area (Å²) in [6.45, 7) is 13.9. The number of rotatable bonds is 5. The molecular weight excluding hydrogens is 232 g/mol. The fourth-order valence-corrected chi connectivity index (χ4v) is 1.43. The van der Waals surface area contributed by atoms with Crippen molar-refractivity contribution in [2.45, 2.75) is 47.5 Å². The van der Waals surface area contributed by atoms with E-state index in [1.807, 2.05) is 26.8 Å². The van der Waals surface area contributed by atoms with Crippen molar-refractivity contribution in [3.8, 4) is 0 Å². The van der Waals surface area contributed by atoms with Crippen LogP contribution in [-0.2, 0) is 9.53 Å². The highest BCUT2D eigenvalue weighted by molar-refractivity contribution is 8.03. The Morgan fingerprint density at radius 2 is 1.76 bits per heavy atom. The highest BCUT2D eigenvalue weighted by Crippen LogP contribution is 2.18. The Kier molecular flexibility index (Phi) is 26.2. The van der Waals surface area contributed by atoms with Crippen molar-refractivity contribution >= 4 is 17.7 Å². The largest absolute Gasteiger partial charge is 0.468 e. The standard InChI is InChI=1S/C9H14O2S.C3H8.C2H6/c1-4-6-8(5-2)12-7-9(10)11-3;1-3-2;1-2/h4,6H,1,5,7H2,2-3H3;3H2,1-2H3;1-2H3/b8-6-;;. The molecule has 0 unspecified atom stereocenters. The van der Waals surface area contributed by atoms with Gasteiger partial charge >= 0.3 is 5.97 Å². The Bertz CT molecular complexity index is 198. The van der Waals surface area contributed by atoms with Gasteiger partial charge in [-0.2, -0.15) is 0 Å². The molecule has 3 heteroatoms. The normalized spacial score (nSPS) is 9.18. The molecule has 0 aromatic rings. The van der Waals surface area contributed by atoms with Gasteiger partial charge in [-0.25, -0.2) is 0 Å². The molecule has 0 N–H and O–H groups in total. The van der Waals surface area contributed by atoms with Crippen LogP contribution in [0.25, 0.3) is 0 Å². The van der Waals surface area contributed by atoms with E-state index < -0.39 is 0 Å². The van der Waals surface area contributed by atoms with Crippen molar-refractivity contribution in [2.75, 3.05) is 12.9 Å². The maximum absolute atomic E-state index is 10.7. The van der Waals surface area contributed by atoms with Crippen molar-refractivity contribution in [3.05, 3.63) is 23.6 Å². The first-order valence-corrected chi connectivity index (χ1v) is 7.15. The molecule has 0 bridgehead atoms. The molecule has 0 amide bonds. The van der Waals surface area contributed by atoms with Gasteiger partial charge < -0.3 is 4.74 Å². The minimum absolute atomic E-state index is 0.191. The molecule has 0 aromatic heterocycles. The molecule has 0 aliphatic heterocycles. The summed E-state index contributed by atoms with van der Waals surface area (Å²) in [6, 6.07) is 0. The van der Waals surface area contributed by atoms with Crippen LogP contribution >= 0.6 is 11.8 Å². The SMILES string of the molecule is C=C/C=C(/CC)SCC(=O)OC.CC.CCC. The van der Waals surface area contributed by atoms with Gasteiger partial charge in [0.1, 0.15) is 0 Å².